The van der Waals surface area contributed by atoms with E-state index in [0.29, 0.717) is 0 Å². The molecule has 0 aliphatic carbocycles. The molecule has 0 aliphatic rings. The molecule has 0 aliphatic heterocycles. The molecule has 13 heteroatoms. The summed E-state index contributed by atoms with van der Waals surface area (Å²) in [5.74, 6) is 0. The van der Waals surface area contributed by atoms with Gasteiger partial charge in [0.15, 0.2) is 0 Å². The molecule has 3 unspecified atom stereocenters. The number of hydrogen-bond acceptors (Lipinski definition) is 6. The quantitative estimate of drug-likeness (QED) is 0.513. The number of hydrogen-bond donors (Lipinski definition) is 0. The molecule has 0 aromatic heterocycles. The van der Waals surface area contributed by atoms with Crippen LogP contribution in [0, 0.1) is 37.3 Å². The zero-order chi connectivity index (χ0) is 10.7. The zero-order valence-corrected chi connectivity index (χ0v) is 9.75. The monoisotopic (exact) mass is 412 g/mol. The Hall–Kier alpha value is 1.22. The first-order valence-electron chi connectivity index (χ1n) is 1.60. The fourth-order valence-electron chi connectivity index (χ4n) is 0. The minimum absolute atomic E-state index is 0. The van der Waals surface area contributed by atoms with E-state index in [2.05, 4.69) is 0 Å². The molecule has 0 heterocycles. The molecule has 6 nitrogen and oxygen atoms in total. The van der Waals surface area contributed by atoms with Crippen molar-refractivity contribution in [2.75, 3.05) is 0 Å². The van der Waals surface area contributed by atoms with E-state index in [1.54, 1.807) is 0 Å². The molecule has 0 aromatic carbocycles. The molecule has 81 valence electrons. The Labute approximate surface area is 103 Å². The largest absolute Gasteiger partial charge is 3.00 e. The van der Waals surface area contributed by atoms with Crippen LogP contribution in [-0.2, 0) is 13.7 Å². The minimum Gasteiger partial charge on any atom is -0.562 e. The van der Waals surface area contributed by atoms with E-state index < -0.39 is 25.0 Å². The summed E-state index contributed by atoms with van der Waals surface area (Å²) in [5, 5.41) is 0. The van der Waals surface area contributed by atoms with Crippen LogP contribution in [0.15, 0.2) is 0 Å². The Morgan fingerprint density at radius 1 is 0.692 bits per heavy atom. The Bertz CT molecular complexity index is 121. The van der Waals surface area contributed by atoms with E-state index >= 15 is 0 Å². The Balaban J connectivity index is -0.0000000450. The molecule has 0 N–H and O–H groups in total. The Morgan fingerprint density at radius 3 is 0.692 bits per heavy atom. The van der Waals surface area contributed by atoms with E-state index in [-0.39, 0.29) is 37.3 Å². The van der Waals surface area contributed by atoms with Gasteiger partial charge in [-0.2, -0.15) is 0 Å². The molecule has 0 saturated heterocycles. The van der Waals surface area contributed by atoms with Crippen LogP contribution in [-0.4, -0.2) is 0 Å². The molecule has 0 fully saturated rings. The van der Waals surface area contributed by atoms with Crippen molar-refractivity contribution in [3.05, 3.63) is 0 Å². The van der Waals surface area contributed by atoms with Crippen molar-refractivity contribution >= 4 is 25.0 Å². The van der Waals surface area contributed by atoms with Crippen LogP contribution in [0.3, 0.4) is 0 Å². The molecular formula is ErF3O6P3+3. The van der Waals surface area contributed by atoms with Gasteiger partial charge in [0, 0.05) is 0 Å². The molecule has 0 aromatic rings. The summed E-state index contributed by atoms with van der Waals surface area (Å²) in [6, 6.07) is 0. The molecular weight excluding hydrogens is 413 g/mol. The van der Waals surface area contributed by atoms with Crippen LogP contribution in [0.4, 0.5) is 12.6 Å². The normalized spacial score (nSPS) is 10.2. The van der Waals surface area contributed by atoms with E-state index in [9.17, 15) is 12.6 Å². The maximum absolute atomic E-state index is 9.95. The molecule has 13 heavy (non-hydrogen) atoms. The fourth-order valence-corrected chi connectivity index (χ4v) is 0. The molecule has 0 bridgehead atoms. The van der Waals surface area contributed by atoms with E-state index in [0.717, 1.165) is 0 Å². The summed E-state index contributed by atoms with van der Waals surface area (Å²) >= 11 is 0. The minimum atomic E-state index is -3.62. The van der Waals surface area contributed by atoms with Crippen LogP contribution < -0.4 is 14.7 Å². The van der Waals surface area contributed by atoms with Gasteiger partial charge in [-0.3, -0.25) is 0 Å². The second kappa shape index (κ2) is 18.9. The summed E-state index contributed by atoms with van der Waals surface area (Å²) in [6.45, 7) is 0. The molecule has 1 radical (unpaired) electrons. The summed E-state index contributed by atoms with van der Waals surface area (Å²) < 4.78 is 55.0. The maximum atomic E-state index is 9.95. The van der Waals surface area contributed by atoms with Crippen molar-refractivity contribution in [2.45, 2.75) is 0 Å². The van der Waals surface area contributed by atoms with Crippen molar-refractivity contribution in [2.24, 2.45) is 0 Å². The van der Waals surface area contributed by atoms with Gasteiger partial charge in [0.05, 0.1) is 12.6 Å². The Morgan fingerprint density at radius 2 is 0.692 bits per heavy atom. The van der Waals surface area contributed by atoms with Crippen molar-refractivity contribution in [3.63, 3.8) is 0 Å². The zero-order valence-electron chi connectivity index (χ0n) is 5.21. The van der Waals surface area contributed by atoms with Gasteiger partial charge in [-0.1, -0.05) is 0 Å². The summed E-state index contributed by atoms with van der Waals surface area (Å²) in [6.07, 6.45) is 0. The van der Waals surface area contributed by atoms with Crippen molar-refractivity contribution in [1.82, 2.24) is 0 Å². The first-order chi connectivity index (χ1) is 5.20. The first-order valence-corrected chi connectivity index (χ1v) is 4.81. The second-order valence-corrected chi connectivity index (χ2v) is 1.91. The van der Waals surface area contributed by atoms with Crippen molar-refractivity contribution in [1.29, 1.82) is 0 Å². The molecule has 3 atom stereocenters. The van der Waals surface area contributed by atoms with Gasteiger partial charge in [-0.15, -0.1) is 0 Å². The number of rotatable bonds is 0. The predicted molar refractivity (Wildman–Crippen MR) is 26.1 cm³/mol. The standard InChI is InChI=1S/Er.3FO2P/c;3*1-4(2)3/q+3;;;. The predicted octanol–water partition coefficient (Wildman–Crippen LogP) is -0.0792. The van der Waals surface area contributed by atoms with Gasteiger partial charge in [-0.05, 0) is 13.7 Å². The van der Waals surface area contributed by atoms with E-state index in [1.165, 1.54) is 0 Å². The average Bonchev–Trinajstić information content (AvgIpc) is 1.54. The third-order valence-electron chi connectivity index (χ3n) is 0. The van der Waals surface area contributed by atoms with Crippen molar-refractivity contribution in [3.8, 4) is 0 Å². The maximum Gasteiger partial charge on any atom is 3.00 e. The van der Waals surface area contributed by atoms with Gasteiger partial charge >= 0.3 is 62.3 Å². The molecule has 0 spiro atoms. The van der Waals surface area contributed by atoms with E-state index in [1.807, 2.05) is 0 Å². The van der Waals surface area contributed by atoms with Crippen LogP contribution in [0.25, 0.3) is 0 Å². The van der Waals surface area contributed by atoms with E-state index in [4.69, 9.17) is 28.4 Å². The second-order valence-electron chi connectivity index (χ2n) is 0.638. The summed E-state index contributed by atoms with van der Waals surface area (Å²) in [7, 11) is -10.9. The van der Waals surface area contributed by atoms with Gasteiger partial charge in [0.25, 0.3) is 0 Å². The fraction of sp³-hybridized carbons (Fsp3) is 0. The third-order valence-corrected chi connectivity index (χ3v) is 0. The van der Waals surface area contributed by atoms with Crippen molar-refractivity contribution < 1.29 is 78.3 Å². The summed E-state index contributed by atoms with van der Waals surface area (Å²) in [4.78, 5) is 25.1. The first kappa shape index (κ1) is 23.8. The summed E-state index contributed by atoms with van der Waals surface area (Å²) in [5.41, 5.74) is 0. The van der Waals surface area contributed by atoms with Crippen LogP contribution >= 0.6 is 25.0 Å². The molecule has 0 amide bonds. The van der Waals surface area contributed by atoms with Crippen LogP contribution in [0.2, 0.25) is 0 Å². The SMILES string of the molecule is O=[P+]([O-])F.O=[P+]([O-])F.O=[P+]([O-])F.[Er+3]. The van der Waals surface area contributed by atoms with Crippen LogP contribution in [0.5, 0.6) is 0 Å². The Kier molecular flexibility index (Phi) is 34.6. The smallest absolute Gasteiger partial charge is 0.562 e. The van der Waals surface area contributed by atoms with Gasteiger partial charge < -0.3 is 14.7 Å². The average molecular weight is 413 g/mol. The van der Waals surface area contributed by atoms with Crippen LogP contribution in [0.1, 0.15) is 0 Å². The topological polar surface area (TPSA) is 120 Å². The van der Waals surface area contributed by atoms with Gasteiger partial charge in [0.1, 0.15) is 0 Å². The third kappa shape index (κ3) is 1120. The van der Waals surface area contributed by atoms with Gasteiger partial charge in [-0.25, -0.2) is 0 Å². The molecule has 0 rings (SSSR count). The number of halogens is 3. The molecule has 0 saturated carbocycles. The van der Waals surface area contributed by atoms with Gasteiger partial charge in [0.2, 0.25) is 0 Å².